The fourth-order valence-electron chi connectivity index (χ4n) is 3.36. The Kier molecular flexibility index (Phi) is 4.07. The van der Waals surface area contributed by atoms with Crippen molar-refractivity contribution in [3.05, 3.63) is 69.9 Å². The minimum Gasteiger partial charge on any atom is -0.508 e. The predicted molar refractivity (Wildman–Crippen MR) is 112 cm³/mol. The van der Waals surface area contributed by atoms with Gasteiger partial charge in [-0.25, -0.2) is 4.98 Å². The number of aromatic nitrogens is 3. The summed E-state index contributed by atoms with van der Waals surface area (Å²) in [5.41, 5.74) is 1.95. The van der Waals surface area contributed by atoms with Crippen LogP contribution in [-0.4, -0.2) is 31.3 Å². The first-order valence-corrected chi connectivity index (χ1v) is 10.4. The summed E-state index contributed by atoms with van der Waals surface area (Å²) in [5.74, 6) is -0.783. The van der Waals surface area contributed by atoms with Gasteiger partial charge in [0.25, 0.3) is 5.91 Å². The van der Waals surface area contributed by atoms with E-state index in [-0.39, 0.29) is 11.5 Å². The number of aryl methyl sites for hydroxylation is 1. The van der Waals surface area contributed by atoms with Gasteiger partial charge in [-0.15, -0.1) is 21.5 Å². The maximum Gasteiger partial charge on any atom is 0.296 e. The zero-order valence-corrected chi connectivity index (χ0v) is 16.7. The fraction of sp³-hybridized carbons (Fsp3) is 0.100. The van der Waals surface area contributed by atoms with Gasteiger partial charge in [-0.05, 0) is 36.8 Å². The van der Waals surface area contributed by atoms with Gasteiger partial charge in [-0.2, -0.15) is 0 Å². The summed E-state index contributed by atoms with van der Waals surface area (Å²) >= 11 is 2.69. The van der Waals surface area contributed by atoms with Gasteiger partial charge >= 0.3 is 0 Å². The van der Waals surface area contributed by atoms with Crippen molar-refractivity contribution in [2.45, 2.75) is 13.0 Å². The predicted octanol–water partition coefficient (Wildman–Crippen LogP) is 4.22. The van der Waals surface area contributed by atoms with Crippen molar-refractivity contribution in [3.8, 4) is 5.75 Å². The third kappa shape index (κ3) is 2.86. The Bertz CT molecular complexity index is 1240. The maximum absolute atomic E-state index is 13.0. The minimum absolute atomic E-state index is 0.117. The first-order chi connectivity index (χ1) is 14.0. The molecule has 0 unspecified atom stereocenters. The van der Waals surface area contributed by atoms with Crippen LogP contribution in [0.3, 0.4) is 0 Å². The molecule has 9 heteroatoms. The molecular formula is C20H14N4O3S2. The number of fused-ring (bicyclic) bond motifs is 1. The lowest BCUT2D eigenvalue weighted by molar-refractivity contribution is -0.117. The molecule has 0 saturated heterocycles. The van der Waals surface area contributed by atoms with E-state index in [0.29, 0.717) is 20.7 Å². The standard InChI is InChI=1S/C20H14N4O3S2/c1-10-22-23-20(28-10)24-16(11-6-8-12(25)9-7-11)15(17(26)19(24)27)18-21-13-4-2-3-5-14(13)29-18/h2-9,16,25-26H,1H3/t16-/m1/s1. The van der Waals surface area contributed by atoms with Gasteiger partial charge < -0.3 is 10.2 Å². The van der Waals surface area contributed by atoms with E-state index in [1.807, 2.05) is 24.3 Å². The average molecular weight is 422 g/mol. The number of hydrogen-bond acceptors (Lipinski definition) is 8. The topological polar surface area (TPSA) is 99.4 Å². The minimum atomic E-state index is -0.629. The van der Waals surface area contributed by atoms with E-state index in [1.165, 1.54) is 27.6 Å². The van der Waals surface area contributed by atoms with E-state index < -0.39 is 11.9 Å². The lowest BCUT2D eigenvalue weighted by Gasteiger charge is -2.23. The molecular weight excluding hydrogens is 408 g/mol. The molecule has 5 rings (SSSR count). The molecule has 0 bridgehead atoms. The van der Waals surface area contributed by atoms with E-state index in [4.69, 9.17) is 0 Å². The van der Waals surface area contributed by atoms with Crippen molar-refractivity contribution in [3.63, 3.8) is 0 Å². The van der Waals surface area contributed by atoms with Crippen LogP contribution in [0, 0.1) is 6.92 Å². The van der Waals surface area contributed by atoms with E-state index in [2.05, 4.69) is 15.2 Å². The van der Waals surface area contributed by atoms with Gasteiger partial charge in [-0.3, -0.25) is 9.69 Å². The summed E-state index contributed by atoms with van der Waals surface area (Å²) in [5, 5.41) is 30.3. The van der Waals surface area contributed by atoms with Crippen molar-refractivity contribution in [1.29, 1.82) is 0 Å². The van der Waals surface area contributed by atoms with Crippen molar-refractivity contribution < 1.29 is 15.0 Å². The van der Waals surface area contributed by atoms with Gasteiger partial charge in [-0.1, -0.05) is 35.6 Å². The normalized spacial score (nSPS) is 16.9. The van der Waals surface area contributed by atoms with Gasteiger partial charge in [0, 0.05) is 0 Å². The van der Waals surface area contributed by atoms with E-state index in [0.717, 1.165) is 15.8 Å². The van der Waals surface area contributed by atoms with Crippen LogP contribution in [0.15, 0.2) is 54.3 Å². The van der Waals surface area contributed by atoms with Crippen LogP contribution in [0.1, 0.15) is 21.6 Å². The smallest absolute Gasteiger partial charge is 0.296 e. The molecule has 7 nitrogen and oxygen atoms in total. The molecule has 4 aromatic rings. The molecule has 29 heavy (non-hydrogen) atoms. The molecule has 0 radical (unpaired) electrons. The largest absolute Gasteiger partial charge is 0.508 e. The number of aromatic hydroxyl groups is 1. The van der Waals surface area contributed by atoms with E-state index in [1.54, 1.807) is 31.2 Å². The van der Waals surface area contributed by atoms with Crippen molar-refractivity contribution in [2.24, 2.45) is 0 Å². The Morgan fingerprint density at radius 2 is 1.76 bits per heavy atom. The summed E-state index contributed by atoms with van der Waals surface area (Å²) in [6.45, 7) is 1.80. The number of benzene rings is 2. The second-order valence-corrected chi connectivity index (χ2v) is 8.71. The number of phenolic OH excluding ortho intramolecular Hbond substituents is 1. The summed E-state index contributed by atoms with van der Waals surface area (Å²) < 4.78 is 0.963. The molecule has 0 saturated carbocycles. The number of para-hydroxylation sites is 1. The van der Waals surface area contributed by atoms with E-state index >= 15 is 0 Å². The number of carbonyl (C=O) groups excluding carboxylic acids is 1. The highest BCUT2D eigenvalue weighted by Crippen LogP contribution is 2.47. The number of carbonyl (C=O) groups is 1. The molecule has 3 heterocycles. The summed E-state index contributed by atoms with van der Waals surface area (Å²) in [4.78, 5) is 19.1. The molecule has 1 aliphatic rings. The maximum atomic E-state index is 13.0. The molecule has 2 aromatic carbocycles. The van der Waals surface area contributed by atoms with Crippen LogP contribution in [0.2, 0.25) is 0 Å². The molecule has 2 N–H and O–H groups in total. The lowest BCUT2D eigenvalue weighted by Crippen LogP contribution is -2.30. The van der Waals surface area contributed by atoms with Crippen LogP contribution in [0.4, 0.5) is 5.13 Å². The molecule has 1 amide bonds. The number of nitrogens with zero attached hydrogens (tertiary/aromatic N) is 4. The second kappa shape index (κ2) is 6.64. The Balaban J connectivity index is 1.72. The Morgan fingerprint density at radius 3 is 2.45 bits per heavy atom. The fourth-order valence-corrected chi connectivity index (χ4v) is 5.11. The second-order valence-electron chi connectivity index (χ2n) is 6.52. The van der Waals surface area contributed by atoms with Crippen LogP contribution in [0.25, 0.3) is 15.8 Å². The van der Waals surface area contributed by atoms with Crippen LogP contribution >= 0.6 is 22.7 Å². The number of rotatable bonds is 3. The zero-order chi connectivity index (χ0) is 20.1. The first-order valence-electron chi connectivity index (χ1n) is 8.74. The zero-order valence-electron chi connectivity index (χ0n) is 15.1. The van der Waals surface area contributed by atoms with Crippen LogP contribution in [0.5, 0.6) is 5.75 Å². The van der Waals surface area contributed by atoms with Crippen molar-refractivity contribution in [1.82, 2.24) is 15.2 Å². The molecule has 1 atom stereocenters. The van der Waals surface area contributed by atoms with Gasteiger partial charge in [0.15, 0.2) is 5.76 Å². The third-order valence-corrected chi connectivity index (χ3v) is 6.57. The van der Waals surface area contributed by atoms with Gasteiger partial charge in [0.2, 0.25) is 5.13 Å². The molecule has 0 spiro atoms. The van der Waals surface area contributed by atoms with Crippen LogP contribution in [-0.2, 0) is 4.79 Å². The number of anilines is 1. The number of phenols is 1. The molecule has 2 aromatic heterocycles. The lowest BCUT2D eigenvalue weighted by atomic mass is 10.00. The molecule has 144 valence electrons. The summed E-state index contributed by atoms with van der Waals surface area (Å²) in [7, 11) is 0. The van der Waals surface area contributed by atoms with Crippen molar-refractivity contribution in [2.75, 3.05) is 4.90 Å². The SMILES string of the molecule is Cc1nnc(N2C(=O)C(O)=C(c3nc4ccccc4s3)[C@H]2c2ccc(O)cc2)s1. The first kappa shape index (κ1) is 17.8. The third-order valence-electron chi connectivity index (χ3n) is 4.66. The average Bonchev–Trinajstić information content (AvgIpc) is 3.39. The number of amides is 1. The number of aliphatic hydroxyl groups is 1. The van der Waals surface area contributed by atoms with Crippen LogP contribution < -0.4 is 4.90 Å². The van der Waals surface area contributed by atoms with Gasteiger partial charge in [0.1, 0.15) is 15.8 Å². The van der Waals surface area contributed by atoms with Crippen molar-refractivity contribution >= 4 is 49.5 Å². The number of aliphatic hydroxyl groups excluding tert-OH is 1. The Morgan fingerprint density at radius 1 is 1.00 bits per heavy atom. The quantitative estimate of drug-likeness (QED) is 0.513. The Labute approximate surface area is 173 Å². The molecule has 1 aliphatic heterocycles. The van der Waals surface area contributed by atoms with E-state index in [9.17, 15) is 15.0 Å². The summed E-state index contributed by atoms with van der Waals surface area (Å²) in [6.07, 6.45) is 0. The highest BCUT2D eigenvalue weighted by atomic mass is 32.1. The molecule has 0 fully saturated rings. The highest BCUT2D eigenvalue weighted by molar-refractivity contribution is 7.19. The summed E-state index contributed by atoms with van der Waals surface area (Å²) in [6, 6.07) is 13.6. The highest BCUT2D eigenvalue weighted by Gasteiger charge is 2.44. The van der Waals surface area contributed by atoms with Gasteiger partial charge in [0.05, 0.1) is 21.8 Å². The monoisotopic (exact) mass is 422 g/mol. The number of thiazole rings is 1. The number of hydrogen-bond donors (Lipinski definition) is 2. The molecule has 0 aliphatic carbocycles. The Hall–Kier alpha value is -3.30.